The molecule has 0 aliphatic carbocycles. The van der Waals surface area contributed by atoms with Crippen LogP contribution in [0.3, 0.4) is 0 Å². The lowest BCUT2D eigenvalue weighted by Gasteiger charge is -2.22. The first-order chi connectivity index (χ1) is 9.53. The van der Waals surface area contributed by atoms with E-state index in [9.17, 15) is 13.2 Å². The molecule has 7 heteroatoms. The highest BCUT2D eigenvalue weighted by atomic mass is 19.4. The van der Waals surface area contributed by atoms with Crippen LogP contribution in [0.4, 0.5) is 18.9 Å². The lowest BCUT2D eigenvalue weighted by Crippen LogP contribution is -2.24. The quantitative estimate of drug-likeness (QED) is 0.905. The molecule has 0 spiro atoms. The van der Waals surface area contributed by atoms with Crippen LogP contribution in [-0.2, 0) is 4.74 Å². The summed E-state index contributed by atoms with van der Waals surface area (Å²) in [5.74, 6) is 0.429. The van der Waals surface area contributed by atoms with E-state index in [1.165, 1.54) is 12.3 Å². The molecule has 2 rings (SSSR count). The summed E-state index contributed by atoms with van der Waals surface area (Å²) in [6.07, 6.45) is -0.697. The Balaban J connectivity index is 1.76. The molecule has 112 valence electrons. The average molecular weight is 290 g/mol. The van der Waals surface area contributed by atoms with Crippen LogP contribution in [0.25, 0.3) is 0 Å². The molecule has 0 amide bonds. The van der Waals surface area contributed by atoms with Crippen molar-refractivity contribution in [2.24, 2.45) is 5.92 Å². The molecule has 2 heterocycles. The van der Waals surface area contributed by atoms with Crippen LogP contribution >= 0.6 is 0 Å². The van der Waals surface area contributed by atoms with Crippen molar-refractivity contribution in [3.8, 4) is 5.88 Å². The van der Waals surface area contributed by atoms with Gasteiger partial charge in [0.2, 0.25) is 5.88 Å². The Kier molecular flexibility index (Phi) is 5.05. The Morgan fingerprint density at radius 1 is 1.40 bits per heavy atom. The molecule has 1 aromatic rings. The van der Waals surface area contributed by atoms with Gasteiger partial charge >= 0.3 is 6.18 Å². The van der Waals surface area contributed by atoms with Crippen LogP contribution in [0, 0.1) is 5.92 Å². The summed E-state index contributed by atoms with van der Waals surface area (Å²) in [6, 6.07) is 3.08. The molecule has 1 aromatic heterocycles. The Morgan fingerprint density at radius 3 is 2.85 bits per heavy atom. The summed E-state index contributed by atoms with van der Waals surface area (Å²) in [4.78, 5) is 3.83. The number of halogens is 3. The fourth-order valence-electron chi connectivity index (χ4n) is 1.96. The largest absolute Gasteiger partial charge is 0.468 e. The maximum absolute atomic E-state index is 12.0. The molecule has 1 saturated heterocycles. The van der Waals surface area contributed by atoms with Crippen LogP contribution < -0.4 is 10.1 Å². The smallest absolute Gasteiger partial charge is 0.422 e. The maximum atomic E-state index is 12.0. The van der Waals surface area contributed by atoms with E-state index in [-0.39, 0.29) is 5.88 Å². The monoisotopic (exact) mass is 290 g/mol. The van der Waals surface area contributed by atoms with Crippen molar-refractivity contribution in [1.82, 2.24) is 4.98 Å². The van der Waals surface area contributed by atoms with Gasteiger partial charge in [-0.2, -0.15) is 13.2 Å². The third-order valence-electron chi connectivity index (χ3n) is 2.97. The van der Waals surface area contributed by atoms with Crippen molar-refractivity contribution in [3.05, 3.63) is 18.3 Å². The number of rotatable bonds is 5. The van der Waals surface area contributed by atoms with Crippen molar-refractivity contribution < 1.29 is 22.6 Å². The summed E-state index contributed by atoms with van der Waals surface area (Å²) >= 11 is 0. The standard InChI is InChI=1S/C13H17F3N2O2/c14-13(15,16)9-20-12-4-3-11(7-18-12)17-6-10-2-1-5-19-8-10/h3-4,7,10,17H,1-2,5-6,8-9H2. The van der Waals surface area contributed by atoms with E-state index in [1.807, 2.05) is 0 Å². The minimum absolute atomic E-state index is 0.0334. The van der Waals surface area contributed by atoms with E-state index in [0.717, 1.165) is 38.3 Å². The molecule has 4 nitrogen and oxygen atoms in total. The van der Waals surface area contributed by atoms with Gasteiger partial charge in [0, 0.05) is 19.2 Å². The van der Waals surface area contributed by atoms with Crippen molar-refractivity contribution in [2.45, 2.75) is 19.0 Å². The second-order valence-corrected chi connectivity index (χ2v) is 4.75. The van der Waals surface area contributed by atoms with Gasteiger partial charge in [0.15, 0.2) is 6.61 Å². The van der Waals surface area contributed by atoms with Crippen LogP contribution in [0.2, 0.25) is 0 Å². The Hall–Kier alpha value is -1.50. The van der Waals surface area contributed by atoms with Gasteiger partial charge in [0.1, 0.15) is 0 Å². The molecule has 0 saturated carbocycles. The number of nitrogens with zero attached hydrogens (tertiary/aromatic N) is 1. The molecule has 1 unspecified atom stereocenters. The Morgan fingerprint density at radius 2 is 2.25 bits per heavy atom. The first-order valence-corrected chi connectivity index (χ1v) is 6.50. The third kappa shape index (κ3) is 5.24. The number of hydrogen-bond donors (Lipinski definition) is 1. The Labute approximate surface area is 115 Å². The molecule has 0 bridgehead atoms. The molecular weight excluding hydrogens is 273 g/mol. The van der Waals surface area contributed by atoms with Crippen molar-refractivity contribution in [3.63, 3.8) is 0 Å². The summed E-state index contributed by atoms with van der Waals surface area (Å²) in [5, 5.41) is 3.19. The van der Waals surface area contributed by atoms with Gasteiger partial charge < -0.3 is 14.8 Å². The predicted molar refractivity (Wildman–Crippen MR) is 67.8 cm³/mol. The fraction of sp³-hybridized carbons (Fsp3) is 0.615. The van der Waals surface area contributed by atoms with Gasteiger partial charge in [-0.25, -0.2) is 4.98 Å². The number of aromatic nitrogens is 1. The minimum atomic E-state index is -4.35. The molecule has 20 heavy (non-hydrogen) atoms. The lowest BCUT2D eigenvalue weighted by atomic mass is 10.0. The van der Waals surface area contributed by atoms with E-state index in [1.54, 1.807) is 6.07 Å². The third-order valence-corrected chi connectivity index (χ3v) is 2.97. The van der Waals surface area contributed by atoms with E-state index < -0.39 is 12.8 Å². The molecule has 1 atom stereocenters. The first kappa shape index (κ1) is 14.9. The van der Waals surface area contributed by atoms with Gasteiger partial charge in [-0.05, 0) is 24.8 Å². The van der Waals surface area contributed by atoms with Gasteiger partial charge in [-0.1, -0.05) is 0 Å². The number of anilines is 1. The van der Waals surface area contributed by atoms with Crippen molar-refractivity contribution >= 4 is 5.69 Å². The fourth-order valence-corrected chi connectivity index (χ4v) is 1.96. The number of pyridine rings is 1. The first-order valence-electron chi connectivity index (χ1n) is 6.50. The number of hydrogen-bond acceptors (Lipinski definition) is 4. The van der Waals surface area contributed by atoms with E-state index in [0.29, 0.717) is 5.92 Å². The van der Waals surface area contributed by atoms with Crippen LogP contribution in [0.5, 0.6) is 5.88 Å². The van der Waals surface area contributed by atoms with Gasteiger partial charge in [-0.3, -0.25) is 0 Å². The molecular formula is C13H17F3N2O2. The summed E-state index contributed by atoms with van der Waals surface area (Å²) in [7, 11) is 0. The maximum Gasteiger partial charge on any atom is 0.422 e. The van der Waals surface area contributed by atoms with Crippen LogP contribution in [-0.4, -0.2) is 37.5 Å². The lowest BCUT2D eigenvalue weighted by molar-refractivity contribution is -0.154. The topological polar surface area (TPSA) is 43.4 Å². The average Bonchev–Trinajstić information content (AvgIpc) is 2.44. The highest BCUT2D eigenvalue weighted by Gasteiger charge is 2.28. The number of alkyl halides is 3. The van der Waals surface area contributed by atoms with Crippen LogP contribution in [0.1, 0.15) is 12.8 Å². The normalized spacial score (nSPS) is 19.6. The molecule has 1 aliphatic rings. The molecule has 1 N–H and O–H groups in total. The van der Waals surface area contributed by atoms with E-state index in [4.69, 9.17) is 4.74 Å². The Bertz CT molecular complexity index is 403. The SMILES string of the molecule is FC(F)(F)COc1ccc(NCC2CCCOC2)cn1. The minimum Gasteiger partial charge on any atom is -0.468 e. The summed E-state index contributed by atoms with van der Waals surface area (Å²) in [6.45, 7) is 1.01. The number of ether oxygens (including phenoxy) is 2. The second-order valence-electron chi connectivity index (χ2n) is 4.75. The van der Waals surface area contributed by atoms with E-state index >= 15 is 0 Å². The van der Waals surface area contributed by atoms with Gasteiger partial charge in [0.25, 0.3) is 0 Å². The summed E-state index contributed by atoms with van der Waals surface area (Å²) < 4.78 is 45.8. The van der Waals surface area contributed by atoms with Crippen molar-refractivity contribution in [2.75, 3.05) is 31.7 Å². The summed E-state index contributed by atoms with van der Waals surface area (Å²) in [5.41, 5.74) is 0.759. The number of nitrogens with one attached hydrogen (secondary N) is 1. The molecule has 1 fully saturated rings. The van der Waals surface area contributed by atoms with Gasteiger partial charge in [0.05, 0.1) is 18.5 Å². The highest BCUT2D eigenvalue weighted by Crippen LogP contribution is 2.19. The molecule has 0 radical (unpaired) electrons. The predicted octanol–water partition coefficient (Wildman–Crippen LogP) is 2.86. The second kappa shape index (κ2) is 6.78. The zero-order chi connectivity index (χ0) is 14.4. The zero-order valence-corrected chi connectivity index (χ0v) is 10.9. The van der Waals surface area contributed by atoms with Crippen molar-refractivity contribution in [1.29, 1.82) is 0 Å². The molecule has 1 aliphatic heterocycles. The van der Waals surface area contributed by atoms with E-state index in [2.05, 4.69) is 15.0 Å². The molecule has 0 aromatic carbocycles. The van der Waals surface area contributed by atoms with Crippen LogP contribution in [0.15, 0.2) is 18.3 Å². The zero-order valence-electron chi connectivity index (χ0n) is 10.9. The van der Waals surface area contributed by atoms with Gasteiger partial charge in [-0.15, -0.1) is 0 Å². The highest BCUT2D eigenvalue weighted by molar-refractivity contribution is 5.42.